The molecule has 12 heteroatoms. The number of benzene rings is 1. The molecular weight excluding hydrogens is 452 g/mol. The lowest BCUT2D eigenvalue weighted by Gasteiger charge is -2.19. The molecule has 0 aliphatic carbocycles. The second-order valence-electron chi connectivity index (χ2n) is 7.25. The normalized spacial score (nSPS) is 10.9. The van der Waals surface area contributed by atoms with Gasteiger partial charge in [-0.3, -0.25) is 23.9 Å². The van der Waals surface area contributed by atoms with Gasteiger partial charge < -0.3 is 19.9 Å². The van der Waals surface area contributed by atoms with E-state index >= 15 is 0 Å². The van der Waals surface area contributed by atoms with E-state index in [0.29, 0.717) is 30.4 Å². The Morgan fingerprint density at radius 3 is 2.61 bits per heavy atom. The van der Waals surface area contributed by atoms with E-state index in [1.165, 1.54) is 17.7 Å². The summed E-state index contributed by atoms with van der Waals surface area (Å²) in [5, 5.41) is 2.99. The zero-order valence-corrected chi connectivity index (χ0v) is 19.3. The molecule has 0 atom stereocenters. The van der Waals surface area contributed by atoms with Gasteiger partial charge in [0, 0.05) is 38.7 Å². The van der Waals surface area contributed by atoms with E-state index in [1.54, 1.807) is 17.0 Å². The van der Waals surface area contributed by atoms with E-state index in [-0.39, 0.29) is 47.4 Å². The van der Waals surface area contributed by atoms with Gasteiger partial charge in [0.05, 0.1) is 5.02 Å². The second kappa shape index (κ2) is 10.3. The number of hydrogen-bond acceptors (Lipinski definition) is 6. The van der Waals surface area contributed by atoms with Crippen molar-refractivity contribution in [2.75, 3.05) is 25.0 Å². The third-order valence-corrected chi connectivity index (χ3v) is 5.37. The first-order chi connectivity index (χ1) is 15.7. The Morgan fingerprint density at radius 2 is 1.94 bits per heavy atom. The van der Waals surface area contributed by atoms with Crippen LogP contribution in [0.15, 0.2) is 27.8 Å². The highest BCUT2D eigenvalue weighted by Gasteiger charge is 2.14. The first-order valence-corrected chi connectivity index (χ1v) is 10.8. The minimum absolute atomic E-state index is 0.0832. The molecule has 0 bridgehead atoms. The van der Waals surface area contributed by atoms with Gasteiger partial charge in [0.1, 0.15) is 17.1 Å². The molecule has 0 fully saturated rings. The summed E-state index contributed by atoms with van der Waals surface area (Å²) < 4.78 is 6.72. The number of amides is 2. The number of nitrogens with zero attached hydrogens (tertiary/aromatic N) is 3. The van der Waals surface area contributed by atoms with Gasteiger partial charge in [-0.2, -0.15) is 0 Å². The van der Waals surface area contributed by atoms with Crippen LogP contribution < -0.4 is 21.3 Å². The van der Waals surface area contributed by atoms with Crippen LogP contribution in [0.5, 0.6) is 5.75 Å². The van der Waals surface area contributed by atoms with Crippen molar-refractivity contribution < 1.29 is 14.3 Å². The molecule has 33 heavy (non-hydrogen) atoms. The van der Waals surface area contributed by atoms with Crippen molar-refractivity contribution >= 4 is 40.3 Å². The lowest BCUT2D eigenvalue weighted by atomic mass is 10.2. The van der Waals surface area contributed by atoms with Crippen LogP contribution in [0.1, 0.15) is 26.1 Å². The number of nitrogens with one attached hydrogen (secondary N) is 3. The second-order valence-corrected chi connectivity index (χ2v) is 7.66. The molecule has 0 radical (unpaired) electrons. The number of ether oxygens (including phenoxy) is 1. The summed E-state index contributed by atoms with van der Waals surface area (Å²) in [5.74, 6) is 0.320. The number of carbonyl (C=O) groups is 2. The smallest absolute Gasteiger partial charge is 0.329 e. The molecule has 0 saturated heterocycles. The highest BCUT2D eigenvalue weighted by molar-refractivity contribution is 6.32. The van der Waals surface area contributed by atoms with Crippen LogP contribution in [0.3, 0.4) is 0 Å². The highest BCUT2D eigenvalue weighted by atomic mass is 35.5. The molecule has 3 rings (SSSR count). The van der Waals surface area contributed by atoms with Crippen LogP contribution >= 0.6 is 11.6 Å². The minimum Gasteiger partial charge on any atom is -0.482 e. The number of aromatic amines is 2. The maximum absolute atomic E-state index is 12.3. The molecule has 2 amide bonds. The molecule has 2 heterocycles. The van der Waals surface area contributed by atoms with Crippen molar-refractivity contribution in [1.82, 2.24) is 24.4 Å². The lowest BCUT2D eigenvalue weighted by molar-refractivity contribution is -0.133. The summed E-state index contributed by atoms with van der Waals surface area (Å²) in [4.78, 5) is 58.9. The van der Waals surface area contributed by atoms with Crippen molar-refractivity contribution in [3.8, 4) is 5.75 Å². The minimum atomic E-state index is -0.565. The van der Waals surface area contributed by atoms with Crippen molar-refractivity contribution in [3.63, 3.8) is 0 Å². The number of aryl methyl sites for hydroxylation is 2. The maximum atomic E-state index is 12.3. The Balaban J connectivity index is 1.58. The molecule has 0 aliphatic heterocycles. The topological polar surface area (TPSA) is 142 Å². The number of halogens is 1. The van der Waals surface area contributed by atoms with Gasteiger partial charge in [0.15, 0.2) is 12.3 Å². The van der Waals surface area contributed by atoms with Crippen molar-refractivity contribution in [2.24, 2.45) is 7.05 Å². The SMILES string of the molecule is CCN(CC)C(=O)COc1ccc(NC(=O)CCc2nc3c([nH]2)c(=O)[nH]c(=O)n3C)cc1Cl. The number of anilines is 1. The fourth-order valence-electron chi connectivity index (χ4n) is 3.23. The number of hydrogen-bond donors (Lipinski definition) is 3. The number of aromatic nitrogens is 4. The van der Waals surface area contributed by atoms with Gasteiger partial charge in [0.25, 0.3) is 11.5 Å². The molecule has 0 aliphatic rings. The van der Waals surface area contributed by atoms with Crippen LogP contribution in [0.25, 0.3) is 11.2 Å². The monoisotopic (exact) mass is 476 g/mol. The van der Waals surface area contributed by atoms with Gasteiger partial charge in [-0.15, -0.1) is 0 Å². The summed E-state index contributed by atoms with van der Waals surface area (Å²) in [6, 6.07) is 4.74. The third-order valence-electron chi connectivity index (χ3n) is 5.08. The molecular formula is C21H25ClN6O5. The quantitative estimate of drug-likeness (QED) is 0.426. The zero-order valence-electron chi connectivity index (χ0n) is 18.5. The van der Waals surface area contributed by atoms with Crippen LogP contribution in [-0.4, -0.2) is 55.9 Å². The largest absolute Gasteiger partial charge is 0.482 e. The van der Waals surface area contributed by atoms with Crippen LogP contribution in [0.2, 0.25) is 5.02 Å². The molecule has 0 saturated carbocycles. The van der Waals surface area contributed by atoms with E-state index in [0.717, 1.165) is 0 Å². The Kier molecular flexibility index (Phi) is 7.54. The summed E-state index contributed by atoms with van der Waals surface area (Å²) in [5.41, 5.74) is -0.261. The number of carbonyl (C=O) groups excluding carboxylic acids is 2. The molecule has 3 N–H and O–H groups in total. The van der Waals surface area contributed by atoms with E-state index < -0.39 is 11.2 Å². The Bertz CT molecular complexity index is 1290. The van der Waals surface area contributed by atoms with Crippen LogP contribution in [0.4, 0.5) is 5.69 Å². The first kappa shape index (κ1) is 24.1. The maximum Gasteiger partial charge on any atom is 0.329 e. The van der Waals surface area contributed by atoms with Gasteiger partial charge in [0.2, 0.25) is 5.91 Å². The Morgan fingerprint density at radius 1 is 1.21 bits per heavy atom. The number of H-pyrrole nitrogens is 2. The fraction of sp³-hybridized carbons (Fsp3) is 0.381. The molecule has 0 spiro atoms. The van der Waals surface area contributed by atoms with Crippen LogP contribution in [-0.2, 0) is 23.1 Å². The molecule has 3 aromatic rings. The number of likely N-dealkylation sites (N-methyl/N-ethyl adjacent to an activating group) is 1. The predicted octanol–water partition coefficient (Wildman–Crippen LogP) is 1.42. The van der Waals surface area contributed by atoms with E-state index in [4.69, 9.17) is 16.3 Å². The van der Waals surface area contributed by atoms with Gasteiger partial charge in [-0.1, -0.05) is 11.6 Å². The molecule has 0 unspecified atom stereocenters. The average Bonchev–Trinajstić information content (AvgIpc) is 3.22. The number of rotatable bonds is 9. The van der Waals surface area contributed by atoms with E-state index in [1.807, 2.05) is 13.8 Å². The molecule has 2 aromatic heterocycles. The van der Waals surface area contributed by atoms with Crippen molar-refractivity contribution in [2.45, 2.75) is 26.7 Å². The van der Waals surface area contributed by atoms with E-state index in [2.05, 4.69) is 20.3 Å². The summed E-state index contributed by atoms with van der Waals surface area (Å²) in [6.45, 7) is 4.85. The van der Waals surface area contributed by atoms with E-state index in [9.17, 15) is 19.2 Å². The standard InChI is InChI=1S/C21H25ClN6O5/c1-4-28(5-2)17(30)11-33-14-7-6-12(10-13(14)22)23-16(29)9-8-15-24-18-19(25-15)27(3)21(32)26-20(18)31/h6-7,10H,4-5,8-9,11H2,1-3H3,(H,23,29)(H,24,25)(H,26,31,32). The Hall–Kier alpha value is -3.60. The third kappa shape index (κ3) is 5.61. The van der Waals surface area contributed by atoms with Crippen molar-refractivity contribution in [3.05, 3.63) is 49.9 Å². The molecule has 176 valence electrons. The summed E-state index contributed by atoms with van der Waals surface area (Å²) in [7, 11) is 1.49. The van der Waals surface area contributed by atoms with Gasteiger partial charge in [-0.05, 0) is 32.0 Å². The fourth-order valence-corrected chi connectivity index (χ4v) is 3.46. The first-order valence-electron chi connectivity index (χ1n) is 10.4. The molecule has 1 aromatic carbocycles. The number of imidazole rings is 1. The highest BCUT2D eigenvalue weighted by Crippen LogP contribution is 2.28. The summed E-state index contributed by atoms with van der Waals surface area (Å²) in [6.07, 6.45) is 0.316. The predicted molar refractivity (Wildman–Crippen MR) is 124 cm³/mol. The van der Waals surface area contributed by atoms with Crippen molar-refractivity contribution in [1.29, 1.82) is 0 Å². The van der Waals surface area contributed by atoms with Gasteiger partial charge in [-0.25, -0.2) is 9.78 Å². The van der Waals surface area contributed by atoms with Crippen LogP contribution in [0, 0.1) is 0 Å². The Labute approximate surface area is 193 Å². The molecule has 11 nitrogen and oxygen atoms in total. The average molecular weight is 477 g/mol. The zero-order chi connectivity index (χ0) is 24.1. The summed E-state index contributed by atoms with van der Waals surface area (Å²) >= 11 is 6.23. The number of fused-ring (bicyclic) bond motifs is 1. The van der Waals surface area contributed by atoms with Gasteiger partial charge >= 0.3 is 5.69 Å². The lowest BCUT2D eigenvalue weighted by Crippen LogP contribution is -2.34.